The average molecular weight is 353 g/mol. The second-order valence-corrected chi connectivity index (χ2v) is 5.91. The average Bonchev–Trinajstić information content (AvgIpc) is 2.95. The molecular weight excluding hydrogens is 340 g/mol. The van der Waals surface area contributed by atoms with Crippen LogP contribution in [0, 0.1) is 6.92 Å². The van der Waals surface area contributed by atoms with E-state index in [4.69, 9.17) is 16.3 Å². The van der Waals surface area contributed by atoms with Crippen molar-refractivity contribution in [2.24, 2.45) is 0 Å². The second kappa shape index (κ2) is 6.14. The summed E-state index contributed by atoms with van der Waals surface area (Å²) in [6.45, 7) is 1.77. The molecule has 0 atom stereocenters. The number of ether oxygens (including phenoxy) is 1. The number of carbonyl (C=O) groups excluding carboxylic acids is 1. The van der Waals surface area contributed by atoms with Gasteiger partial charge in [0, 0.05) is 23.3 Å². The third-order valence-corrected chi connectivity index (χ3v) is 4.21. The van der Waals surface area contributed by atoms with Crippen LogP contribution in [-0.4, -0.2) is 25.6 Å². The van der Waals surface area contributed by atoms with Gasteiger partial charge in [-0.05, 0) is 25.1 Å². The number of fused-ring (bicyclic) bond motifs is 2. The third-order valence-electron chi connectivity index (χ3n) is 3.88. The van der Waals surface area contributed by atoms with Crippen LogP contribution in [0.5, 0.6) is 0 Å². The number of rotatable bonds is 3. The van der Waals surface area contributed by atoms with E-state index in [1.807, 2.05) is 30.3 Å². The van der Waals surface area contributed by atoms with E-state index in [9.17, 15) is 4.79 Å². The quantitative estimate of drug-likeness (QED) is 0.416. The van der Waals surface area contributed by atoms with Gasteiger partial charge >= 0.3 is 5.97 Å². The topological polar surface area (TPSA) is 69.4 Å². The first-order chi connectivity index (χ1) is 12.1. The Balaban J connectivity index is 1.61. The van der Waals surface area contributed by atoms with E-state index in [1.54, 1.807) is 29.9 Å². The molecule has 0 saturated heterocycles. The van der Waals surface area contributed by atoms with Gasteiger partial charge in [-0.25, -0.2) is 19.3 Å². The van der Waals surface area contributed by atoms with E-state index < -0.39 is 5.97 Å². The summed E-state index contributed by atoms with van der Waals surface area (Å²) in [5.74, 6) is -0.490. The highest BCUT2D eigenvalue weighted by atomic mass is 35.5. The SMILES string of the molecule is Cc1nn2cccnc2c1C(=O)OCc1cc2ccccc2nc1Cl. The highest BCUT2D eigenvalue weighted by molar-refractivity contribution is 6.30. The van der Waals surface area contributed by atoms with Gasteiger partial charge in [0.2, 0.25) is 0 Å². The minimum absolute atomic E-state index is 0.0269. The smallest absolute Gasteiger partial charge is 0.344 e. The summed E-state index contributed by atoms with van der Waals surface area (Å²) >= 11 is 6.21. The van der Waals surface area contributed by atoms with E-state index in [2.05, 4.69) is 15.1 Å². The van der Waals surface area contributed by atoms with Crippen LogP contribution in [0.15, 0.2) is 48.8 Å². The van der Waals surface area contributed by atoms with Crippen molar-refractivity contribution in [1.29, 1.82) is 0 Å². The van der Waals surface area contributed by atoms with Crippen LogP contribution in [0.2, 0.25) is 5.15 Å². The highest BCUT2D eigenvalue weighted by Gasteiger charge is 2.20. The Morgan fingerprint density at radius 3 is 3.00 bits per heavy atom. The number of hydrogen-bond acceptors (Lipinski definition) is 5. The number of nitrogens with zero attached hydrogens (tertiary/aromatic N) is 4. The maximum absolute atomic E-state index is 12.5. The molecule has 3 heterocycles. The van der Waals surface area contributed by atoms with Gasteiger partial charge in [0.05, 0.1) is 11.2 Å². The molecule has 0 amide bonds. The minimum Gasteiger partial charge on any atom is -0.457 e. The van der Waals surface area contributed by atoms with Crippen molar-refractivity contribution in [1.82, 2.24) is 19.6 Å². The maximum Gasteiger partial charge on any atom is 0.344 e. The summed E-state index contributed by atoms with van der Waals surface area (Å²) in [5.41, 5.74) is 2.82. The van der Waals surface area contributed by atoms with Crippen LogP contribution in [0.4, 0.5) is 0 Å². The molecule has 6 nitrogen and oxygen atoms in total. The molecule has 0 radical (unpaired) electrons. The molecule has 0 N–H and O–H groups in total. The summed E-state index contributed by atoms with van der Waals surface area (Å²) in [6.07, 6.45) is 3.34. The second-order valence-electron chi connectivity index (χ2n) is 5.56. The lowest BCUT2D eigenvalue weighted by Gasteiger charge is -2.07. The minimum atomic E-state index is -0.490. The van der Waals surface area contributed by atoms with E-state index in [1.165, 1.54) is 0 Å². The first-order valence-electron chi connectivity index (χ1n) is 7.65. The molecule has 4 rings (SSSR count). The fourth-order valence-corrected chi connectivity index (χ4v) is 2.89. The summed E-state index contributed by atoms with van der Waals surface area (Å²) in [6, 6.07) is 11.2. The summed E-state index contributed by atoms with van der Waals surface area (Å²) < 4.78 is 6.99. The number of para-hydroxylation sites is 1. The number of esters is 1. The number of hydrogen-bond donors (Lipinski definition) is 0. The van der Waals surface area contributed by atoms with Crippen molar-refractivity contribution >= 4 is 34.1 Å². The van der Waals surface area contributed by atoms with Crippen molar-refractivity contribution < 1.29 is 9.53 Å². The number of benzene rings is 1. The molecule has 0 aliphatic heterocycles. The molecule has 0 aliphatic carbocycles. The molecule has 0 spiro atoms. The molecule has 4 aromatic rings. The molecule has 3 aromatic heterocycles. The largest absolute Gasteiger partial charge is 0.457 e. The van der Waals surface area contributed by atoms with Crippen LogP contribution in [0.3, 0.4) is 0 Å². The Labute approximate surface area is 148 Å². The molecule has 0 aliphatic rings. The van der Waals surface area contributed by atoms with Crippen molar-refractivity contribution in [3.63, 3.8) is 0 Å². The predicted octanol–water partition coefficient (Wildman–Crippen LogP) is 3.60. The molecule has 1 aromatic carbocycles. The fraction of sp³-hybridized carbons (Fsp3) is 0.111. The van der Waals surface area contributed by atoms with Gasteiger partial charge in [0.15, 0.2) is 5.65 Å². The van der Waals surface area contributed by atoms with Crippen LogP contribution in [-0.2, 0) is 11.3 Å². The highest BCUT2D eigenvalue weighted by Crippen LogP contribution is 2.22. The first kappa shape index (κ1) is 15.5. The van der Waals surface area contributed by atoms with Crippen LogP contribution in [0.1, 0.15) is 21.6 Å². The molecule has 7 heteroatoms. The number of aryl methyl sites for hydroxylation is 1. The first-order valence-corrected chi connectivity index (χ1v) is 8.02. The van der Waals surface area contributed by atoms with E-state index >= 15 is 0 Å². The maximum atomic E-state index is 12.5. The Kier molecular flexibility index (Phi) is 3.82. The number of carbonyl (C=O) groups is 1. The number of halogens is 1. The zero-order chi connectivity index (χ0) is 17.4. The van der Waals surface area contributed by atoms with Crippen molar-refractivity contribution in [3.8, 4) is 0 Å². The molecule has 0 bridgehead atoms. The fourth-order valence-electron chi connectivity index (χ4n) is 2.69. The standard InChI is InChI=1S/C18H13ClN4O2/c1-11-15(17-20-7-4-8-23(17)22-11)18(24)25-10-13-9-12-5-2-3-6-14(12)21-16(13)19/h2-9H,10H2,1H3. The molecular formula is C18H13ClN4O2. The zero-order valence-electron chi connectivity index (χ0n) is 13.3. The monoisotopic (exact) mass is 352 g/mol. The van der Waals surface area contributed by atoms with Gasteiger partial charge in [-0.3, -0.25) is 0 Å². The molecule has 0 fully saturated rings. The van der Waals surface area contributed by atoms with Gasteiger partial charge in [-0.2, -0.15) is 5.10 Å². The molecule has 25 heavy (non-hydrogen) atoms. The number of aromatic nitrogens is 4. The lowest BCUT2D eigenvalue weighted by Crippen LogP contribution is -2.07. The van der Waals surface area contributed by atoms with E-state index in [0.29, 0.717) is 27.6 Å². The van der Waals surface area contributed by atoms with Crippen LogP contribution in [0.25, 0.3) is 16.6 Å². The van der Waals surface area contributed by atoms with E-state index in [-0.39, 0.29) is 6.61 Å². The van der Waals surface area contributed by atoms with Crippen molar-refractivity contribution in [2.45, 2.75) is 13.5 Å². The Morgan fingerprint density at radius 2 is 2.12 bits per heavy atom. The Hall–Kier alpha value is -2.99. The number of pyridine rings is 1. The summed E-state index contributed by atoms with van der Waals surface area (Å²) in [7, 11) is 0. The van der Waals surface area contributed by atoms with E-state index in [0.717, 1.165) is 10.9 Å². The Morgan fingerprint density at radius 1 is 1.28 bits per heavy atom. The predicted molar refractivity (Wildman–Crippen MR) is 93.6 cm³/mol. The van der Waals surface area contributed by atoms with Crippen molar-refractivity contribution in [2.75, 3.05) is 0 Å². The Bertz CT molecular complexity index is 1110. The third kappa shape index (κ3) is 2.81. The van der Waals surface area contributed by atoms with Gasteiger partial charge in [-0.1, -0.05) is 29.8 Å². The molecule has 0 saturated carbocycles. The normalized spacial score (nSPS) is 11.1. The van der Waals surface area contributed by atoms with Crippen LogP contribution >= 0.6 is 11.6 Å². The lowest BCUT2D eigenvalue weighted by molar-refractivity contribution is 0.0474. The molecule has 124 valence electrons. The van der Waals surface area contributed by atoms with Gasteiger partial charge in [0.25, 0.3) is 0 Å². The molecule has 0 unspecified atom stereocenters. The lowest BCUT2D eigenvalue weighted by atomic mass is 10.2. The van der Waals surface area contributed by atoms with Crippen molar-refractivity contribution in [3.05, 3.63) is 70.8 Å². The van der Waals surface area contributed by atoms with Gasteiger partial charge < -0.3 is 4.74 Å². The van der Waals surface area contributed by atoms with Gasteiger partial charge in [0.1, 0.15) is 17.3 Å². The summed E-state index contributed by atoms with van der Waals surface area (Å²) in [5, 5.41) is 5.52. The van der Waals surface area contributed by atoms with Crippen LogP contribution < -0.4 is 0 Å². The summed E-state index contributed by atoms with van der Waals surface area (Å²) in [4.78, 5) is 21.0. The zero-order valence-corrected chi connectivity index (χ0v) is 14.1. The van der Waals surface area contributed by atoms with Gasteiger partial charge in [-0.15, -0.1) is 0 Å².